The molecule has 0 saturated heterocycles. The molecule has 0 fully saturated rings. The van der Waals surface area contributed by atoms with E-state index in [-0.39, 0.29) is 11.9 Å². The van der Waals surface area contributed by atoms with Crippen molar-refractivity contribution in [1.29, 1.82) is 0 Å². The van der Waals surface area contributed by atoms with Gasteiger partial charge in [0.1, 0.15) is 0 Å². The molecule has 5 heteroatoms. The number of hydrogen-bond donors (Lipinski definition) is 1. The van der Waals surface area contributed by atoms with E-state index in [1.165, 1.54) is 20.2 Å². The van der Waals surface area contributed by atoms with Gasteiger partial charge in [-0.2, -0.15) is 5.10 Å². The van der Waals surface area contributed by atoms with Crippen molar-refractivity contribution in [1.82, 2.24) is 5.43 Å². The Balaban J connectivity index is 2.68. The molecule has 0 atom stereocenters. The van der Waals surface area contributed by atoms with Crippen molar-refractivity contribution < 1.29 is 14.3 Å². The number of ether oxygens (including phenoxy) is 1. The fourth-order valence-corrected chi connectivity index (χ4v) is 1.02. The summed E-state index contributed by atoms with van der Waals surface area (Å²) in [7, 11) is 1.33. The molecule has 0 spiro atoms. The van der Waals surface area contributed by atoms with Gasteiger partial charge in [0, 0.05) is 6.92 Å². The van der Waals surface area contributed by atoms with E-state index in [4.69, 9.17) is 0 Å². The number of hydrazone groups is 1. The lowest BCUT2D eigenvalue weighted by Gasteiger charge is -1.98. The van der Waals surface area contributed by atoms with Crippen LogP contribution in [0.4, 0.5) is 0 Å². The van der Waals surface area contributed by atoms with Crippen molar-refractivity contribution in [2.45, 2.75) is 6.92 Å². The second-order valence-electron chi connectivity index (χ2n) is 3.04. The first-order valence-electron chi connectivity index (χ1n) is 4.61. The highest BCUT2D eigenvalue weighted by molar-refractivity contribution is 5.90. The molecular formula is C11H12N2O3. The summed E-state index contributed by atoms with van der Waals surface area (Å²) in [6, 6.07) is 6.66. The maximum absolute atomic E-state index is 11.1. The Hall–Kier alpha value is -2.17. The standard InChI is InChI=1S/C11H12N2O3/c1-8(14)13-12-7-9-3-5-10(6-4-9)11(15)16-2/h3-7H,1-2H3,(H,13,14). The minimum atomic E-state index is -0.384. The molecule has 1 aromatic carbocycles. The van der Waals surface area contributed by atoms with Crippen LogP contribution in [-0.4, -0.2) is 25.2 Å². The molecule has 0 bridgehead atoms. The number of carbonyl (C=O) groups is 2. The second kappa shape index (κ2) is 5.65. The first-order valence-corrected chi connectivity index (χ1v) is 4.61. The van der Waals surface area contributed by atoms with Crippen LogP contribution < -0.4 is 5.43 Å². The van der Waals surface area contributed by atoms with E-state index in [9.17, 15) is 9.59 Å². The average Bonchev–Trinajstić information content (AvgIpc) is 2.28. The molecule has 5 nitrogen and oxygen atoms in total. The lowest BCUT2D eigenvalue weighted by atomic mass is 10.1. The van der Waals surface area contributed by atoms with Gasteiger partial charge in [-0.3, -0.25) is 4.79 Å². The summed E-state index contributed by atoms with van der Waals surface area (Å²) in [5.74, 6) is -0.618. The zero-order valence-corrected chi connectivity index (χ0v) is 9.06. The van der Waals surface area contributed by atoms with Crippen LogP contribution >= 0.6 is 0 Å². The van der Waals surface area contributed by atoms with Crippen LogP contribution in [-0.2, 0) is 9.53 Å². The lowest BCUT2D eigenvalue weighted by molar-refractivity contribution is -0.118. The van der Waals surface area contributed by atoms with Crippen molar-refractivity contribution >= 4 is 18.1 Å². The van der Waals surface area contributed by atoms with Crippen molar-refractivity contribution in [3.63, 3.8) is 0 Å². The van der Waals surface area contributed by atoms with E-state index in [1.54, 1.807) is 24.3 Å². The molecule has 0 aromatic heterocycles. The fourth-order valence-electron chi connectivity index (χ4n) is 1.02. The summed E-state index contributed by atoms with van der Waals surface area (Å²) in [5, 5.41) is 3.70. The molecule has 0 heterocycles. The normalized spacial score (nSPS) is 10.1. The molecule has 0 unspecified atom stereocenters. The van der Waals surface area contributed by atoms with Gasteiger partial charge >= 0.3 is 5.97 Å². The van der Waals surface area contributed by atoms with Gasteiger partial charge in [0.2, 0.25) is 5.91 Å². The van der Waals surface area contributed by atoms with E-state index in [0.29, 0.717) is 5.56 Å². The van der Waals surface area contributed by atoms with Gasteiger partial charge in [-0.05, 0) is 17.7 Å². The average molecular weight is 220 g/mol. The molecule has 1 rings (SSSR count). The monoisotopic (exact) mass is 220 g/mol. The first-order chi connectivity index (χ1) is 7.63. The van der Waals surface area contributed by atoms with Gasteiger partial charge in [-0.1, -0.05) is 12.1 Å². The molecule has 0 aliphatic heterocycles. The Kier molecular flexibility index (Phi) is 4.20. The number of amides is 1. The van der Waals surface area contributed by atoms with Gasteiger partial charge in [-0.25, -0.2) is 10.2 Å². The van der Waals surface area contributed by atoms with Gasteiger partial charge in [-0.15, -0.1) is 0 Å². The maximum Gasteiger partial charge on any atom is 0.337 e. The first kappa shape index (κ1) is 11.9. The van der Waals surface area contributed by atoms with Gasteiger partial charge in [0.25, 0.3) is 0 Å². The quantitative estimate of drug-likeness (QED) is 0.468. The highest BCUT2D eigenvalue weighted by atomic mass is 16.5. The Bertz CT molecular complexity index is 410. The van der Waals surface area contributed by atoms with Crippen LogP contribution in [0, 0.1) is 0 Å². The lowest BCUT2D eigenvalue weighted by Crippen LogP contribution is -2.12. The Morgan fingerprint density at radius 1 is 1.31 bits per heavy atom. The summed E-state index contributed by atoms with van der Waals surface area (Å²) in [6.45, 7) is 1.37. The summed E-state index contributed by atoms with van der Waals surface area (Å²) in [4.78, 5) is 21.6. The zero-order chi connectivity index (χ0) is 12.0. The van der Waals surface area contributed by atoms with Crippen LogP contribution in [0.2, 0.25) is 0 Å². The van der Waals surface area contributed by atoms with Gasteiger partial charge in [0.05, 0.1) is 18.9 Å². The number of carbonyl (C=O) groups excluding carboxylic acids is 2. The topological polar surface area (TPSA) is 67.8 Å². The molecule has 0 radical (unpaired) electrons. The third-order valence-electron chi connectivity index (χ3n) is 1.77. The molecule has 84 valence electrons. The van der Waals surface area contributed by atoms with E-state index in [0.717, 1.165) is 5.56 Å². The molecule has 1 N–H and O–H groups in total. The third kappa shape index (κ3) is 3.53. The Labute approximate surface area is 93.1 Å². The van der Waals surface area contributed by atoms with Crippen molar-refractivity contribution in [2.24, 2.45) is 5.10 Å². The summed E-state index contributed by atoms with van der Waals surface area (Å²) >= 11 is 0. The van der Waals surface area contributed by atoms with Crippen LogP contribution in [0.3, 0.4) is 0 Å². The van der Waals surface area contributed by atoms with E-state index < -0.39 is 0 Å². The minimum absolute atomic E-state index is 0.234. The molecule has 0 aliphatic carbocycles. The van der Waals surface area contributed by atoms with Crippen LogP contribution in [0.15, 0.2) is 29.4 Å². The smallest absolute Gasteiger partial charge is 0.337 e. The van der Waals surface area contributed by atoms with Gasteiger partial charge in [0.15, 0.2) is 0 Å². The Morgan fingerprint density at radius 3 is 2.44 bits per heavy atom. The van der Waals surface area contributed by atoms with Crippen molar-refractivity contribution in [2.75, 3.05) is 7.11 Å². The predicted molar refractivity (Wildman–Crippen MR) is 59.2 cm³/mol. The number of rotatable bonds is 3. The number of nitrogens with zero attached hydrogens (tertiary/aromatic N) is 1. The number of methoxy groups -OCH3 is 1. The second-order valence-corrected chi connectivity index (χ2v) is 3.04. The van der Waals surface area contributed by atoms with Gasteiger partial charge < -0.3 is 4.74 Å². The molecule has 16 heavy (non-hydrogen) atoms. The summed E-state index contributed by atoms with van der Waals surface area (Å²) < 4.78 is 4.56. The van der Waals surface area contributed by atoms with E-state index >= 15 is 0 Å². The molecule has 0 aliphatic rings. The van der Waals surface area contributed by atoms with E-state index in [2.05, 4.69) is 15.3 Å². The largest absolute Gasteiger partial charge is 0.465 e. The van der Waals surface area contributed by atoms with Crippen molar-refractivity contribution in [3.8, 4) is 0 Å². The fraction of sp³-hybridized carbons (Fsp3) is 0.182. The summed E-state index contributed by atoms with van der Waals surface area (Å²) in [5.41, 5.74) is 3.53. The SMILES string of the molecule is COC(=O)c1ccc(C=NNC(C)=O)cc1. The van der Waals surface area contributed by atoms with Crippen LogP contribution in [0.5, 0.6) is 0 Å². The third-order valence-corrected chi connectivity index (χ3v) is 1.77. The van der Waals surface area contributed by atoms with E-state index in [1.807, 2.05) is 0 Å². The number of benzene rings is 1. The number of esters is 1. The summed E-state index contributed by atoms with van der Waals surface area (Å²) in [6.07, 6.45) is 1.49. The molecular weight excluding hydrogens is 208 g/mol. The van der Waals surface area contributed by atoms with Crippen LogP contribution in [0.25, 0.3) is 0 Å². The predicted octanol–water partition coefficient (Wildman–Crippen LogP) is 0.943. The maximum atomic E-state index is 11.1. The molecule has 0 saturated carbocycles. The molecule has 1 aromatic rings. The number of nitrogens with one attached hydrogen (secondary N) is 1. The minimum Gasteiger partial charge on any atom is -0.465 e. The highest BCUT2D eigenvalue weighted by Gasteiger charge is 2.03. The Morgan fingerprint density at radius 2 is 1.94 bits per heavy atom. The number of hydrogen-bond acceptors (Lipinski definition) is 4. The highest BCUT2D eigenvalue weighted by Crippen LogP contribution is 2.03. The van der Waals surface area contributed by atoms with Crippen molar-refractivity contribution in [3.05, 3.63) is 35.4 Å². The van der Waals surface area contributed by atoms with Crippen LogP contribution in [0.1, 0.15) is 22.8 Å². The zero-order valence-electron chi connectivity index (χ0n) is 9.06. The molecule has 1 amide bonds.